The van der Waals surface area contributed by atoms with Crippen LogP contribution >= 0.6 is 0 Å². The number of rotatable bonds is 24. The van der Waals surface area contributed by atoms with Gasteiger partial charge in [-0.1, -0.05) is 159 Å². The summed E-state index contributed by atoms with van der Waals surface area (Å²) in [6, 6.07) is 0. The van der Waals surface area contributed by atoms with Crippen molar-refractivity contribution in [1.29, 1.82) is 0 Å². The molecule has 12 heteroatoms. The Hall–Kier alpha value is 0.150. The zero-order valence-electron chi connectivity index (χ0n) is 29.9. The maximum Gasteiger partial charge on any atom is 0.293 e. The molecule has 0 spiro atoms. The summed E-state index contributed by atoms with van der Waals surface area (Å²) in [5.74, 6) is 0. The minimum absolute atomic E-state index is 0.106. The number of hydrogen-bond donors (Lipinski definition) is 0. The van der Waals surface area contributed by atoms with Crippen molar-refractivity contribution in [3.05, 3.63) is 0 Å². The molecule has 0 amide bonds. The lowest BCUT2D eigenvalue weighted by molar-refractivity contribution is -0.191. The normalized spacial score (nSPS) is 24.0. The van der Waals surface area contributed by atoms with E-state index in [0.717, 1.165) is 75.8 Å². The SMILES string of the molecule is CCB(CC)OC1C(OB(CC)CC)C(OB(CC)CC)C(OB(CC)CC)C(OB(CC)CC)C1OB(CC)CC. The Morgan fingerprint density at radius 1 is 0.238 bits per heavy atom. The molecule has 1 aliphatic carbocycles. The lowest BCUT2D eigenvalue weighted by atomic mass is 9.58. The molecule has 0 unspecified atom stereocenters. The molecule has 0 aliphatic heterocycles. The standard InChI is InChI=1S/C30H66B6O6/c1-13-31(14-2)37-25-26(38-32(15-3)16-4)28(40-34(19-7)20-8)30(42-36(23-11)24-12)29(41-35(21-9)22-10)27(25)39-33(17-5)18-6/h25-30H,13-24H2,1-12H3. The molecule has 1 fully saturated rings. The summed E-state index contributed by atoms with van der Waals surface area (Å²) in [6.45, 7) is 27.1. The Labute approximate surface area is 264 Å². The third-order valence-electron chi connectivity index (χ3n) is 9.50. The Kier molecular flexibility index (Phi) is 21.6. The van der Waals surface area contributed by atoms with Crippen LogP contribution in [0.15, 0.2) is 0 Å². The van der Waals surface area contributed by atoms with Crippen molar-refractivity contribution in [2.75, 3.05) is 0 Å². The van der Waals surface area contributed by atoms with Crippen LogP contribution in [0, 0.1) is 0 Å². The van der Waals surface area contributed by atoms with Gasteiger partial charge < -0.3 is 27.9 Å². The fourth-order valence-electron chi connectivity index (χ4n) is 6.27. The molecule has 1 saturated carbocycles. The van der Waals surface area contributed by atoms with E-state index in [-0.39, 0.29) is 78.1 Å². The molecular weight excluding hydrogens is 521 g/mol. The number of hydrogen-bond acceptors (Lipinski definition) is 6. The van der Waals surface area contributed by atoms with Crippen LogP contribution in [-0.4, -0.2) is 78.1 Å². The van der Waals surface area contributed by atoms with Gasteiger partial charge >= 0.3 is 0 Å². The summed E-state index contributed by atoms with van der Waals surface area (Å²) >= 11 is 0. The van der Waals surface area contributed by atoms with Crippen molar-refractivity contribution >= 4 is 41.5 Å². The molecular formula is C30H66B6O6. The monoisotopic (exact) mass is 589 g/mol. The van der Waals surface area contributed by atoms with Crippen LogP contribution in [-0.2, 0) is 27.9 Å². The highest BCUT2D eigenvalue weighted by Gasteiger charge is 2.56. The maximum atomic E-state index is 7.09. The van der Waals surface area contributed by atoms with Crippen LogP contribution in [0.3, 0.4) is 0 Å². The second kappa shape index (κ2) is 22.6. The van der Waals surface area contributed by atoms with Crippen molar-refractivity contribution in [1.82, 2.24) is 0 Å². The maximum absolute atomic E-state index is 7.09. The van der Waals surface area contributed by atoms with Gasteiger partial charge in [-0.3, -0.25) is 0 Å². The first-order chi connectivity index (χ1) is 20.3. The highest BCUT2D eigenvalue weighted by Crippen LogP contribution is 2.38. The first-order valence-corrected chi connectivity index (χ1v) is 18.2. The average molecular weight is 588 g/mol. The van der Waals surface area contributed by atoms with Crippen molar-refractivity contribution in [3.63, 3.8) is 0 Å². The predicted octanol–water partition coefficient (Wildman–Crippen LogP) is 8.50. The smallest absolute Gasteiger partial charge is 0.293 e. The van der Waals surface area contributed by atoms with E-state index in [2.05, 4.69) is 83.1 Å². The molecule has 0 aromatic heterocycles. The van der Waals surface area contributed by atoms with E-state index in [1.54, 1.807) is 0 Å². The molecule has 0 bridgehead atoms. The predicted molar refractivity (Wildman–Crippen MR) is 190 cm³/mol. The van der Waals surface area contributed by atoms with Crippen LogP contribution in [0.4, 0.5) is 0 Å². The van der Waals surface area contributed by atoms with Gasteiger partial charge in [-0.2, -0.15) is 0 Å². The first-order valence-electron chi connectivity index (χ1n) is 18.2. The Balaban J connectivity index is 3.98. The van der Waals surface area contributed by atoms with Gasteiger partial charge in [0.1, 0.15) is 0 Å². The molecule has 240 valence electrons. The van der Waals surface area contributed by atoms with Crippen molar-refractivity contribution < 1.29 is 27.9 Å². The third-order valence-corrected chi connectivity index (χ3v) is 9.50. The van der Waals surface area contributed by atoms with Crippen LogP contribution in [0.25, 0.3) is 0 Å². The van der Waals surface area contributed by atoms with E-state index < -0.39 is 0 Å². The second-order valence-corrected chi connectivity index (χ2v) is 12.2. The van der Waals surface area contributed by atoms with E-state index in [1.165, 1.54) is 0 Å². The Bertz CT molecular complexity index is 494. The second-order valence-electron chi connectivity index (χ2n) is 12.2. The summed E-state index contributed by atoms with van der Waals surface area (Å²) in [6.07, 6.45) is 9.30. The van der Waals surface area contributed by atoms with Gasteiger partial charge in [0.15, 0.2) is 0 Å². The summed E-state index contributed by atoms with van der Waals surface area (Å²) in [4.78, 5) is 0. The highest BCUT2D eigenvalue weighted by atomic mass is 16.6. The van der Waals surface area contributed by atoms with Crippen LogP contribution < -0.4 is 0 Å². The zero-order chi connectivity index (χ0) is 31.7. The molecule has 1 rings (SSSR count). The molecule has 42 heavy (non-hydrogen) atoms. The van der Waals surface area contributed by atoms with Gasteiger partial charge in [-0.15, -0.1) is 0 Å². The topological polar surface area (TPSA) is 55.4 Å². The first kappa shape index (κ1) is 40.2. The summed E-state index contributed by atoms with van der Waals surface area (Å²) in [7, 11) is 0. The Morgan fingerprint density at radius 3 is 0.405 bits per heavy atom. The summed E-state index contributed by atoms with van der Waals surface area (Å²) < 4.78 is 42.6. The molecule has 0 radical (unpaired) electrons. The fraction of sp³-hybridized carbons (Fsp3) is 1.00. The quantitative estimate of drug-likeness (QED) is 0.106. The molecule has 0 aromatic carbocycles. The van der Waals surface area contributed by atoms with E-state index in [1.807, 2.05) is 0 Å². The minimum atomic E-state index is -0.323. The van der Waals surface area contributed by atoms with Gasteiger partial charge in [0.25, 0.3) is 41.5 Å². The van der Waals surface area contributed by atoms with Crippen molar-refractivity contribution in [3.8, 4) is 0 Å². The zero-order valence-corrected chi connectivity index (χ0v) is 29.9. The average Bonchev–Trinajstić information content (AvgIpc) is 3.03. The lowest BCUT2D eigenvalue weighted by Gasteiger charge is -2.54. The largest absolute Gasteiger partial charge is 0.428 e. The van der Waals surface area contributed by atoms with Gasteiger partial charge in [0.05, 0.1) is 36.6 Å². The van der Waals surface area contributed by atoms with Gasteiger partial charge in [-0.25, -0.2) is 0 Å². The van der Waals surface area contributed by atoms with E-state index in [9.17, 15) is 0 Å². The van der Waals surface area contributed by atoms with Gasteiger partial charge in [0, 0.05) is 0 Å². The van der Waals surface area contributed by atoms with Crippen molar-refractivity contribution in [2.24, 2.45) is 0 Å². The van der Waals surface area contributed by atoms with Crippen LogP contribution in [0.5, 0.6) is 0 Å². The Morgan fingerprint density at radius 2 is 0.333 bits per heavy atom. The molecule has 0 heterocycles. The van der Waals surface area contributed by atoms with Crippen LogP contribution in [0.2, 0.25) is 75.8 Å². The molecule has 0 atom stereocenters. The molecule has 0 saturated heterocycles. The van der Waals surface area contributed by atoms with Crippen molar-refractivity contribution in [2.45, 2.75) is 196 Å². The molecule has 0 aromatic rings. The fourth-order valence-corrected chi connectivity index (χ4v) is 6.27. The summed E-state index contributed by atoms with van der Waals surface area (Å²) in [5, 5.41) is 0. The van der Waals surface area contributed by atoms with Gasteiger partial charge in [-0.05, 0) is 0 Å². The highest BCUT2D eigenvalue weighted by molar-refractivity contribution is 6.54. The minimum Gasteiger partial charge on any atom is -0.428 e. The molecule has 0 N–H and O–H groups in total. The summed E-state index contributed by atoms with van der Waals surface area (Å²) in [5.41, 5.74) is 0. The van der Waals surface area contributed by atoms with Crippen LogP contribution in [0.1, 0.15) is 83.1 Å². The molecule has 1 aliphatic rings. The third kappa shape index (κ3) is 11.8. The van der Waals surface area contributed by atoms with E-state index in [4.69, 9.17) is 27.9 Å². The lowest BCUT2D eigenvalue weighted by Crippen LogP contribution is -2.71. The van der Waals surface area contributed by atoms with E-state index in [0.29, 0.717) is 0 Å². The van der Waals surface area contributed by atoms with Gasteiger partial charge in [0.2, 0.25) is 0 Å². The van der Waals surface area contributed by atoms with E-state index >= 15 is 0 Å². The molecule has 6 nitrogen and oxygen atoms in total.